The number of nitrogens with two attached hydrogens (primary N) is 1. The lowest BCUT2D eigenvalue weighted by Gasteiger charge is -2.16. The fourth-order valence-corrected chi connectivity index (χ4v) is 2.83. The van der Waals surface area contributed by atoms with E-state index < -0.39 is 0 Å². The van der Waals surface area contributed by atoms with Crippen molar-refractivity contribution in [2.24, 2.45) is 0 Å². The van der Waals surface area contributed by atoms with Gasteiger partial charge in [-0.1, -0.05) is 39.0 Å². The van der Waals surface area contributed by atoms with Crippen molar-refractivity contribution in [3.63, 3.8) is 0 Å². The molecule has 0 radical (unpaired) electrons. The largest absolute Gasteiger partial charge is 0.399 e. The third-order valence-electron chi connectivity index (χ3n) is 3.86. The number of rotatable bonds is 3. The summed E-state index contributed by atoms with van der Waals surface area (Å²) in [5.41, 5.74) is 11.3. The SMILES string of the molecule is CCc1nc2cc(N)ccc2n1-c1ccccc1C(C)C. The van der Waals surface area contributed by atoms with Gasteiger partial charge in [-0.2, -0.15) is 0 Å². The second kappa shape index (κ2) is 5.24. The molecule has 2 aromatic carbocycles. The van der Waals surface area contributed by atoms with Crippen molar-refractivity contribution in [2.75, 3.05) is 5.73 Å². The van der Waals surface area contributed by atoms with Crippen LogP contribution in [0.2, 0.25) is 0 Å². The molecule has 0 aliphatic rings. The smallest absolute Gasteiger partial charge is 0.114 e. The first kappa shape index (κ1) is 13.7. The van der Waals surface area contributed by atoms with E-state index in [1.165, 1.54) is 11.3 Å². The molecule has 1 aromatic heterocycles. The molecule has 0 amide bonds. The summed E-state index contributed by atoms with van der Waals surface area (Å²) < 4.78 is 2.27. The highest BCUT2D eigenvalue weighted by molar-refractivity contribution is 5.81. The number of para-hydroxylation sites is 1. The molecule has 108 valence electrons. The Hall–Kier alpha value is -2.29. The zero-order valence-electron chi connectivity index (χ0n) is 12.8. The average molecular weight is 279 g/mol. The summed E-state index contributed by atoms with van der Waals surface area (Å²) in [6, 6.07) is 14.5. The molecule has 0 unspecified atom stereocenters. The molecule has 0 aliphatic heterocycles. The van der Waals surface area contributed by atoms with Crippen LogP contribution < -0.4 is 5.73 Å². The van der Waals surface area contributed by atoms with Crippen molar-refractivity contribution in [2.45, 2.75) is 33.1 Å². The summed E-state index contributed by atoms with van der Waals surface area (Å²) in [7, 11) is 0. The molecule has 21 heavy (non-hydrogen) atoms. The Morgan fingerprint density at radius 1 is 1.14 bits per heavy atom. The molecule has 0 bridgehead atoms. The molecule has 0 spiro atoms. The van der Waals surface area contributed by atoms with Gasteiger partial charge < -0.3 is 5.73 Å². The van der Waals surface area contributed by atoms with Crippen LogP contribution >= 0.6 is 0 Å². The van der Waals surface area contributed by atoms with Crippen LogP contribution in [0.5, 0.6) is 0 Å². The zero-order chi connectivity index (χ0) is 15.0. The van der Waals surface area contributed by atoms with Crippen LogP contribution in [0.15, 0.2) is 42.5 Å². The number of fused-ring (bicyclic) bond motifs is 1. The highest BCUT2D eigenvalue weighted by Crippen LogP contribution is 2.29. The molecular formula is C18H21N3. The molecule has 3 aromatic rings. The van der Waals surface area contributed by atoms with Gasteiger partial charge in [0.1, 0.15) is 5.82 Å². The normalized spacial score (nSPS) is 11.4. The van der Waals surface area contributed by atoms with Gasteiger partial charge in [-0.25, -0.2) is 4.98 Å². The predicted octanol–water partition coefficient (Wildman–Crippen LogP) is 4.29. The van der Waals surface area contributed by atoms with Crippen molar-refractivity contribution >= 4 is 16.7 Å². The topological polar surface area (TPSA) is 43.8 Å². The highest BCUT2D eigenvalue weighted by Gasteiger charge is 2.15. The van der Waals surface area contributed by atoms with Gasteiger partial charge in [-0.05, 0) is 35.7 Å². The molecule has 2 N–H and O–H groups in total. The minimum absolute atomic E-state index is 0.470. The van der Waals surface area contributed by atoms with Gasteiger partial charge in [0.05, 0.1) is 16.7 Å². The number of imidazole rings is 1. The van der Waals surface area contributed by atoms with E-state index in [9.17, 15) is 0 Å². The number of nitrogens with zero attached hydrogens (tertiary/aromatic N) is 2. The summed E-state index contributed by atoms with van der Waals surface area (Å²) in [4.78, 5) is 4.75. The van der Waals surface area contributed by atoms with Crippen LogP contribution in [-0.2, 0) is 6.42 Å². The Labute approximate surface area is 125 Å². The van der Waals surface area contributed by atoms with Crippen LogP contribution in [0.4, 0.5) is 5.69 Å². The number of hydrogen-bond acceptors (Lipinski definition) is 2. The molecular weight excluding hydrogens is 258 g/mol. The van der Waals surface area contributed by atoms with Gasteiger partial charge in [0.15, 0.2) is 0 Å². The molecule has 0 atom stereocenters. The van der Waals surface area contributed by atoms with Crippen LogP contribution in [-0.4, -0.2) is 9.55 Å². The number of hydrogen-bond donors (Lipinski definition) is 1. The molecule has 0 saturated heterocycles. The van der Waals surface area contributed by atoms with Crippen molar-refractivity contribution < 1.29 is 0 Å². The molecule has 0 fully saturated rings. The lowest BCUT2D eigenvalue weighted by atomic mass is 10.0. The van der Waals surface area contributed by atoms with E-state index in [0.29, 0.717) is 5.92 Å². The van der Waals surface area contributed by atoms with E-state index in [4.69, 9.17) is 10.7 Å². The second-order valence-electron chi connectivity index (χ2n) is 5.68. The Morgan fingerprint density at radius 2 is 1.90 bits per heavy atom. The molecule has 3 rings (SSSR count). The van der Waals surface area contributed by atoms with E-state index in [0.717, 1.165) is 29.0 Å². The van der Waals surface area contributed by atoms with E-state index in [1.54, 1.807) is 0 Å². The van der Waals surface area contributed by atoms with Crippen molar-refractivity contribution in [3.05, 3.63) is 53.9 Å². The van der Waals surface area contributed by atoms with E-state index >= 15 is 0 Å². The fourth-order valence-electron chi connectivity index (χ4n) is 2.83. The molecule has 0 saturated carbocycles. The van der Waals surface area contributed by atoms with E-state index in [-0.39, 0.29) is 0 Å². The summed E-state index contributed by atoms with van der Waals surface area (Å²) >= 11 is 0. The van der Waals surface area contributed by atoms with Crippen LogP contribution in [0.3, 0.4) is 0 Å². The number of aromatic nitrogens is 2. The summed E-state index contributed by atoms with van der Waals surface area (Å²) in [6.45, 7) is 6.59. The number of anilines is 1. The Balaban J connectivity index is 2.34. The third kappa shape index (κ3) is 2.29. The van der Waals surface area contributed by atoms with Gasteiger partial charge in [-0.3, -0.25) is 4.57 Å². The van der Waals surface area contributed by atoms with Crippen LogP contribution in [0, 0.1) is 0 Å². The fraction of sp³-hybridized carbons (Fsp3) is 0.278. The van der Waals surface area contributed by atoms with E-state index in [1.807, 2.05) is 12.1 Å². The number of nitrogen functional groups attached to an aromatic ring is 1. The predicted molar refractivity (Wildman–Crippen MR) is 88.9 cm³/mol. The Bertz CT molecular complexity index is 784. The first-order valence-corrected chi connectivity index (χ1v) is 7.48. The van der Waals surface area contributed by atoms with Gasteiger partial charge >= 0.3 is 0 Å². The standard InChI is InChI=1S/C18H21N3/c1-4-18-20-15-11-13(19)9-10-17(15)21(18)16-8-6-5-7-14(16)12(2)3/h5-12H,4,19H2,1-3H3. The maximum absolute atomic E-state index is 5.89. The minimum atomic E-state index is 0.470. The first-order valence-electron chi connectivity index (χ1n) is 7.48. The van der Waals surface area contributed by atoms with Gasteiger partial charge in [-0.15, -0.1) is 0 Å². The monoisotopic (exact) mass is 279 g/mol. The molecule has 3 nitrogen and oxygen atoms in total. The zero-order valence-corrected chi connectivity index (χ0v) is 12.8. The number of benzene rings is 2. The second-order valence-corrected chi connectivity index (χ2v) is 5.68. The van der Waals surface area contributed by atoms with E-state index in [2.05, 4.69) is 55.7 Å². The van der Waals surface area contributed by atoms with Crippen LogP contribution in [0.1, 0.15) is 38.1 Å². The maximum atomic E-state index is 5.89. The van der Waals surface area contributed by atoms with Crippen molar-refractivity contribution in [3.8, 4) is 5.69 Å². The Kier molecular flexibility index (Phi) is 3.42. The number of aryl methyl sites for hydroxylation is 1. The molecule has 1 heterocycles. The van der Waals surface area contributed by atoms with Crippen molar-refractivity contribution in [1.29, 1.82) is 0 Å². The average Bonchev–Trinajstić information content (AvgIpc) is 2.84. The van der Waals surface area contributed by atoms with Crippen LogP contribution in [0.25, 0.3) is 16.7 Å². The quantitative estimate of drug-likeness (QED) is 0.727. The van der Waals surface area contributed by atoms with Crippen molar-refractivity contribution in [1.82, 2.24) is 9.55 Å². The lowest BCUT2D eigenvalue weighted by Crippen LogP contribution is -2.04. The van der Waals surface area contributed by atoms with Gasteiger partial charge in [0.2, 0.25) is 0 Å². The molecule has 3 heteroatoms. The van der Waals surface area contributed by atoms with Gasteiger partial charge in [0.25, 0.3) is 0 Å². The highest BCUT2D eigenvalue weighted by atomic mass is 15.1. The maximum Gasteiger partial charge on any atom is 0.114 e. The summed E-state index contributed by atoms with van der Waals surface area (Å²) in [5.74, 6) is 1.54. The first-order chi connectivity index (χ1) is 10.1. The Morgan fingerprint density at radius 3 is 2.62 bits per heavy atom. The van der Waals surface area contributed by atoms with Gasteiger partial charge in [0, 0.05) is 12.1 Å². The summed E-state index contributed by atoms with van der Waals surface area (Å²) in [5, 5.41) is 0. The third-order valence-corrected chi connectivity index (χ3v) is 3.86. The summed E-state index contributed by atoms with van der Waals surface area (Å²) in [6.07, 6.45) is 0.890. The lowest BCUT2D eigenvalue weighted by molar-refractivity contribution is 0.831. The minimum Gasteiger partial charge on any atom is -0.399 e. The molecule has 0 aliphatic carbocycles.